The molecule has 0 bridgehead atoms. The van der Waals surface area contributed by atoms with Crippen LogP contribution >= 0.6 is 0 Å². The van der Waals surface area contributed by atoms with Gasteiger partial charge in [-0.15, -0.1) is 0 Å². The predicted octanol–water partition coefficient (Wildman–Crippen LogP) is 2.78. The van der Waals surface area contributed by atoms with E-state index < -0.39 is 6.67 Å². The van der Waals surface area contributed by atoms with E-state index in [0.717, 1.165) is 0 Å². The zero-order valence-electron chi connectivity index (χ0n) is 5.40. The summed E-state index contributed by atoms with van der Waals surface area (Å²) in [6, 6.07) is 0. The van der Waals surface area contributed by atoms with E-state index >= 15 is 0 Å². The molecule has 0 fully saturated rings. The maximum Gasteiger partial charge on any atom is 0.108 e. The van der Waals surface area contributed by atoms with E-state index in [0.29, 0.717) is 6.42 Å². The maximum atomic E-state index is 12.1. The molecule has 0 rings (SSSR count). The molecule has 9 heavy (non-hydrogen) atoms. The smallest absolute Gasteiger partial charge is 0.108 e. The highest BCUT2D eigenvalue weighted by Gasteiger charge is 1.82. The Labute approximate surface area is 53.9 Å². The molecule has 0 nitrogen and oxygen atoms in total. The van der Waals surface area contributed by atoms with Crippen LogP contribution in [0.2, 0.25) is 0 Å². The van der Waals surface area contributed by atoms with E-state index in [-0.39, 0.29) is 5.83 Å². The second-order valence-electron chi connectivity index (χ2n) is 1.55. The first-order valence-electron chi connectivity index (χ1n) is 2.88. The zero-order chi connectivity index (χ0) is 7.11. The van der Waals surface area contributed by atoms with Gasteiger partial charge in [0.25, 0.3) is 0 Å². The lowest BCUT2D eigenvalue weighted by Crippen LogP contribution is -1.65. The molecule has 0 aliphatic heterocycles. The largest absolute Gasteiger partial charge is 0.247 e. The third kappa shape index (κ3) is 5.21. The summed E-state index contributed by atoms with van der Waals surface area (Å²) in [6.07, 6.45) is 4.27. The molecule has 0 aromatic heterocycles. The van der Waals surface area contributed by atoms with Gasteiger partial charge in [-0.3, -0.25) is 0 Å². The number of alkyl halides is 1. The Hall–Kier alpha value is -0.660. The van der Waals surface area contributed by atoms with Gasteiger partial charge in [0.1, 0.15) is 6.67 Å². The van der Waals surface area contributed by atoms with Crippen molar-refractivity contribution in [2.45, 2.75) is 13.3 Å². The molecule has 2 heteroatoms. The molecule has 0 saturated carbocycles. The second-order valence-corrected chi connectivity index (χ2v) is 1.55. The third-order valence-electron chi connectivity index (χ3n) is 0.840. The first-order chi connectivity index (χ1) is 4.31. The first kappa shape index (κ1) is 8.34. The normalized spacial score (nSPS) is 13.0. The molecule has 0 radical (unpaired) electrons. The van der Waals surface area contributed by atoms with Crippen LogP contribution in [0.5, 0.6) is 0 Å². The lowest BCUT2D eigenvalue weighted by atomic mass is 10.3. The number of allylic oxidation sites excluding steroid dienone is 4. The van der Waals surface area contributed by atoms with Crippen molar-refractivity contribution in [3.05, 3.63) is 24.1 Å². The van der Waals surface area contributed by atoms with Gasteiger partial charge < -0.3 is 0 Å². The molecule has 0 aromatic carbocycles. The van der Waals surface area contributed by atoms with Crippen molar-refractivity contribution in [1.29, 1.82) is 0 Å². The van der Waals surface area contributed by atoms with Gasteiger partial charge in [-0.05, 0) is 12.5 Å². The molecule has 0 unspecified atom stereocenters. The van der Waals surface area contributed by atoms with E-state index in [1.165, 1.54) is 18.2 Å². The van der Waals surface area contributed by atoms with Gasteiger partial charge >= 0.3 is 0 Å². The zero-order valence-corrected chi connectivity index (χ0v) is 5.40. The maximum absolute atomic E-state index is 12.1. The average molecular weight is 132 g/mol. The summed E-state index contributed by atoms with van der Waals surface area (Å²) in [5, 5.41) is 0. The third-order valence-corrected chi connectivity index (χ3v) is 0.840. The summed E-state index contributed by atoms with van der Waals surface area (Å²) in [4.78, 5) is 0. The van der Waals surface area contributed by atoms with Crippen LogP contribution in [-0.2, 0) is 0 Å². The van der Waals surface area contributed by atoms with Gasteiger partial charge in [0.2, 0.25) is 0 Å². The Bertz CT molecular complexity index is 114. The van der Waals surface area contributed by atoms with Crippen molar-refractivity contribution >= 4 is 0 Å². The number of rotatable bonds is 3. The Morgan fingerprint density at radius 1 is 1.56 bits per heavy atom. The first-order valence-corrected chi connectivity index (χ1v) is 2.88. The summed E-state index contributed by atoms with van der Waals surface area (Å²) in [6.45, 7) is 1.17. The van der Waals surface area contributed by atoms with E-state index in [2.05, 4.69) is 0 Å². The van der Waals surface area contributed by atoms with Crippen molar-refractivity contribution in [3.8, 4) is 0 Å². The minimum atomic E-state index is -0.534. The molecular formula is C7H10F2. The molecule has 0 saturated heterocycles. The van der Waals surface area contributed by atoms with Gasteiger partial charge in [-0.25, -0.2) is 8.78 Å². The Morgan fingerprint density at radius 2 is 2.22 bits per heavy atom. The molecule has 0 aliphatic rings. The standard InChI is InChI=1S/C7H10F2/c1-2-7(9)5-3-4-6-8/h3-5H,2,6H2,1H3/b4-3-,7-5+. The molecule has 0 N–H and O–H groups in total. The molecule has 0 atom stereocenters. The van der Waals surface area contributed by atoms with Crippen LogP contribution in [0.15, 0.2) is 24.1 Å². The number of hydrogen-bond donors (Lipinski definition) is 0. The van der Waals surface area contributed by atoms with Crippen LogP contribution in [0.25, 0.3) is 0 Å². The molecule has 0 aliphatic carbocycles. The van der Waals surface area contributed by atoms with Crippen molar-refractivity contribution in [2.75, 3.05) is 6.67 Å². The van der Waals surface area contributed by atoms with Crippen molar-refractivity contribution in [1.82, 2.24) is 0 Å². The average Bonchev–Trinajstić information content (AvgIpc) is 1.89. The summed E-state index contributed by atoms with van der Waals surface area (Å²) in [7, 11) is 0. The summed E-state index contributed by atoms with van der Waals surface area (Å²) >= 11 is 0. The van der Waals surface area contributed by atoms with Crippen molar-refractivity contribution < 1.29 is 8.78 Å². The Balaban J connectivity index is 3.55. The second kappa shape index (κ2) is 5.48. The molecule has 0 amide bonds. The van der Waals surface area contributed by atoms with E-state index in [1.54, 1.807) is 6.92 Å². The fourth-order valence-electron chi connectivity index (χ4n) is 0.342. The minimum Gasteiger partial charge on any atom is -0.247 e. The minimum absolute atomic E-state index is 0.222. The van der Waals surface area contributed by atoms with Gasteiger partial charge in [0.15, 0.2) is 0 Å². The highest BCUT2D eigenvalue weighted by atomic mass is 19.1. The van der Waals surface area contributed by atoms with Crippen LogP contribution in [0.4, 0.5) is 8.78 Å². The highest BCUT2D eigenvalue weighted by molar-refractivity contribution is 5.06. The topological polar surface area (TPSA) is 0 Å². The molecule has 0 aromatic rings. The summed E-state index contributed by atoms with van der Waals surface area (Å²) < 4.78 is 23.5. The quantitative estimate of drug-likeness (QED) is 0.518. The SMILES string of the molecule is CC/C(F)=C\C=C/CF. The predicted molar refractivity (Wildman–Crippen MR) is 34.6 cm³/mol. The lowest BCUT2D eigenvalue weighted by molar-refractivity contribution is 0.561. The Kier molecular flexibility index (Phi) is 5.07. The van der Waals surface area contributed by atoms with Crippen LogP contribution < -0.4 is 0 Å². The summed E-state index contributed by atoms with van der Waals surface area (Å²) in [5.41, 5.74) is 0. The van der Waals surface area contributed by atoms with Crippen LogP contribution in [-0.4, -0.2) is 6.67 Å². The van der Waals surface area contributed by atoms with Crippen LogP contribution in [0.3, 0.4) is 0 Å². The molecular weight excluding hydrogens is 122 g/mol. The molecule has 0 heterocycles. The Morgan fingerprint density at radius 3 is 2.67 bits per heavy atom. The van der Waals surface area contributed by atoms with E-state index in [1.807, 2.05) is 0 Å². The van der Waals surface area contributed by atoms with Crippen LogP contribution in [0, 0.1) is 0 Å². The molecule has 0 spiro atoms. The van der Waals surface area contributed by atoms with Crippen molar-refractivity contribution in [2.24, 2.45) is 0 Å². The number of hydrogen-bond acceptors (Lipinski definition) is 0. The number of halogens is 2. The monoisotopic (exact) mass is 132 g/mol. The van der Waals surface area contributed by atoms with Gasteiger partial charge in [0.05, 0.1) is 5.83 Å². The van der Waals surface area contributed by atoms with Gasteiger partial charge in [-0.2, -0.15) is 0 Å². The van der Waals surface area contributed by atoms with E-state index in [4.69, 9.17) is 0 Å². The lowest BCUT2D eigenvalue weighted by Gasteiger charge is -1.82. The summed E-state index contributed by atoms with van der Waals surface area (Å²) in [5.74, 6) is -0.222. The highest BCUT2D eigenvalue weighted by Crippen LogP contribution is 2.00. The van der Waals surface area contributed by atoms with E-state index in [9.17, 15) is 8.78 Å². The van der Waals surface area contributed by atoms with Gasteiger partial charge in [-0.1, -0.05) is 19.1 Å². The fraction of sp³-hybridized carbons (Fsp3) is 0.429. The van der Waals surface area contributed by atoms with Gasteiger partial charge in [0, 0.05) is 0 Å². The van der Waals surface area contributed by atoms with Crippen LogP contribution in [0.1, 0.15) is 13.3 Å². The fourth-order valence-corrected chi connectivity index (χ4v) is 0.342. The molecule has 52 valence electrons. The van der Waals surface area contributed by atoms with Crippen molar-refractivity contribution in [3.63, 3.8) is 0 Å².